The molecule has 154 valence electrons. The van der Waals surface area contributed by atoms with Crippen LogP contribution in [0.2, 0.25) is 5.02 Å². The molecular weight excluding hydrogens is 477 g/mol. The van der Waals surface area contributed by atoms with Crippen LogP contribution < -0.4 is 20.3 Å². The van der Waals surface area contributed by atoms with E-state index in [0.29, 0.717) is 6.04 Å². The minimum atomic E-state index is 0. The Kier molecular flexibility index (Phi) is 9.44. The first-order valence-corrected chi connectivity index (χ1v) is 9.37. The molecule has 0 spiro atoms. The van der Waals surface area contributed by atoms with Gasteiger partial charge in [-0.2, -0.15) is 0 Å². The van der Waals surface area contributed by atoms with Gasteiger partial charge in [-0.25, -0.2) is 0 Å². The van der Waals surface area contributed by atoms with Crippen LogP contribution in [0, 0.1) is 0 Å². The Morgan fingerprint density at radius 1 is 1.41 bits per heavy atom. The number of rotatable bonds is 6. The fourth-order valence-corrected chi connectivity index (χ4v) is 3.02. The van der Waals surface area contributed by atoms with Gasteiger partial charge in [0.05, 0.1) is 12.8 Å². The number of hydrogen-bond acceptors (Lipinski definition) is 4. The lowest BCUT2D eigenvalue weighted by Crippen LogP contribution is -2.52. The lowest BCUT2D eigenvalue weighted by molar-refractivity contribution is 0.197. The molecule has 2 N–H and O–H groups in total. The van der Waals surface area contributed by atoms with Gasteiger partial charge in [0.1, 0.15) is 5.75 Å². The molecule has 0 radical (unpaired) electrons. The highest BCUT2D eigenvalue weighted by molar-refractivity contribution is 14.0. The number of likely N-dealkylation sites (N-methyl/N-ethyl adjacent to an activating group) is 1. The number of aliphatic imine (C=N–C) groups is 1. The van der Waals surface area contributed by atoms with Crippen molar-refractivity contribution in [1.29, 1.82) is 0 Å². The first-order valence-electron chi connectivity index (χ1n) is 9.00. The first kappa shape index (κ1) is 24.1. The summed E-state index contributed by atoms with van der Waals surface area (Å²) < 4.78 is 5.49. The van der Waals surface area contributed by atoms with Crippen LogP contribution in [0.5, 0.6) is 5.75 Å². The molecule has 1 unspecified atom stereocenters. The molecule has 0 aliphatic carbocycles. The molecule has 8 heteroatoms. The minimum Gasteiger partial charge on any atom is -0.495 e. The Hall–Kier alpha value is -0.930. The van der Waals surface area contributed by atoms with E-state index in [1.165, 1.54) is 0 Å². The molecule has 1 aromatic rings. The van der Waals surface area contributed by atoms with Crippen molar-refractivity contribution in [3.63, 3.8) is 0 Å². The maximum Gasteiger partial charge on any atom is 0.191 e. The van der Waals surface area contributed by atoms with Crippen molar-refractivity contribution in [2.24, 2.45) is 4.99 Å². The average Bonchev–Trinajstić information content (AvgIpc) is 3.06. The molecule has 1 fully saturated rings. The fourth-order valence-electron chi connectivity index (χ4n) is 2.85. The number of guanidine groups is 1. The molecule has 1 aliphatic rings. The molecule has 1 saturated heterocycles. The van der Waals surface area contributed by atoms with Crippen LogP contribution >= 0.6 is 35.6 Å². The van der Waals surface area contributed by atoms with E-state index in [4.69, 9.17) is 16.3 Å². The second-order valence-corrected chi connectivity index (χ2v) is 7.96. The average molecular weight is 510 g/mol. The van der Waals surface area contributed by atoms with Crippen LogP contribution in [0.15, 0.2) is 23.2 Å². The normalized spacial score (nSPS) is 17.7. The van der Waals surface area contributed by atoms with Gasteiger partial charge in [0.2, 0.25) is 0 Å². The van der Waals surface area contributed by atoms with Gasteiger partial charge in [0.15, 0.2) is 5.96 Å². The summed E-state index contributed by atoms with van der Waals surface area (Å²) in [7, 11) is 7.68. The van der Waals surface area contributed by atoms with Gasteiger partial charge in [0, 0.05) is 43.3 Å². The summed E-state index contributed by atoms with van der Waals surface area (Å²) in [6, 6.07) is 6.07. The van der Waals surface area contributed by atoms with Crippen LogP contribution in [-0.4, -0.2) is 70.3 Å². The summed E-state index contributed by atoms with van der Waals surface area (Å²) >= 11 is 6.17. The van der Waals surface area contributed by atoms with Gasteiger partial charge in [0.25, 0.3) is 0 Å². The van der Waals surface area contributed by atoms with E-state index in [1.54, 1.807) is 7.11 Å². The number of ether oxygens (including phenoxy) is 1. The molecule has 2 rings (SSSR count). The van der Waals surface area contributed by atoms with Gasteiger partial charge in [-0.1, -0.05) is 11.6 Å². The van der Waals surface area contributed by atoms with Crippen LogP contribution in [0.25, 0.3) is 0 Å². The van der Waals surface area contributed by atoms with Crippen molar-refractivity contribution in [1.82, 2.24) is 15.5 Å². The van der Waals surface area contributed by atoms with Gasteiger partial charge in [-0.3, -0.25) is 4.99 Å². The van der Waals surface area contributed by atoms with E-state index in [2.05, 4.69) is 53.4 Å². The van der Waals surface area contributed by atoms with Gasteiger partial charge in [-0.05, 0) is 52.6 Å². The zero-order valence-corrected chi connectivity index (χ0v) is 20.3. The Morgan fingerprint density at radius 3 is 2.70 bits per heavy atom. The highest BCUT2D eigenvalue weighted by Crippen LogP contribution is 2.33. The number of nitrogens with zero attached hydrogens (tertiary/aromatic N) is 3. The third kappa shape index (κ3) is 6.57. The SMILES string of the molecule is CN=C(NCC(C)(C)N(C)C)NC1CCN(c2cc(Cl)ccc2OC)C1.I. The van der Waals surface area contributed by atoms with Crippen molar-refractivity contribution in [2.45, 2.75) is 31.8 Å². The number of methoxy groups -OCH3 is 1. The van der Waals surface area contributed by atoms with E-state index >= 15 is 0 Å². The van der Waals surface area contributed by atoms with E-state index in [-0.39, 0.29) is 29.5 Å². The Labute approximate surface area is 185 Å². The van der Waals surface area contributed by atoms with E-state index in [0.717, 1.165) is 48.5 Å². The topological polar surface area (TPSA) is 52.1 Å². The molecule has 0 saturated carbocycles. The number of nitrogens with one attached hydrogen (secondary N) is 2. The second kappa shape index (κ2) is 10.6. The maximum absolute atomic E-state index is 6.17. The zero-order valence-electron chi connectivity index (χ0n) is 17.2. The molecule has 1 heterocycles. The number of halogens is 2. The van der Waals surface area contributed by atoms with Crippen molar-refractivity contribution >= 4 is 47.2 Å². The molecule has 0 bridgehead atoms. The Morgan fingerprint density at radius 2 is 2.11 bits per heavy atom. The molecule has 0 amide bonds. The van der Waals surface area contributed by atoms with Crippen LogP contribution in [0.1, 0.15) is 20.3 Å². The fraction of sp³-hybridized carbons (Fsp3) is 0.632. The quantitative estimate of drug-likeness (QED) is 0.351. The highest BCUT2D eigenvalue weighted by Gasteiger charge is 2.26. The van der Waals surface area contributed by atoms with Crippen LogP contribution in [0.4, 0.5) is 5.69 Å². The molecule has 0 aromatic heterocycles. The summed E-state index contributed by atoms with van der Waals surface area (Å²) in [6.45, 7) is 7.06. The predicted octanol–water partition coefficient (Wildman–Crippen LogP) is 3.05. The van der Waals surface area contributed by atoms with Crippen molar-refractivity contribution < 1.29 is 4.74 Å². The molecule has 1 aromatic carbocycles. The van der Waals surface area contributed by atoms with Crippen LogP contribution in [0.3, 0.4) is 0 Å². The highest BCUT2D eigenvalue weighted by atomic mass is 127. The van der Waals surface area contributed by atoms with Crippen molar-refractivity contribution in [2.75, 3.05) is 52.8 Å². The minimum absolute atomic E-state index is 0. The summed E-state index contributed by atoms with van der Waals surface area (Å²) in [5, 5.41) is 7.69. The van der Waals surface area contributed by atoms with Crippen LogP contribution in [-0.2, 0) is 0 Å². The summed E-state index contributed by atoms with van der Waals surface area (Å²) in [5.41, 5.74) is 1.09. The molecule has 1 atom stereocenters. The number of hydrogen-bond donors (Lipinski definition) is 2. The van der Waals surface area contributed by atoms with E-state index in [9.17, 15) is 0 Å². The second-order valence-electron chi connectivity index (χ2n) is 7.52. The summed E-state index contributed by atoms with van der Waals surface area (Å²) in [4.78, 5) is 8.88. The standard InChI is InChI=1S/C19H32ClN5O.HI/c1-19(2,24(4)5)13-22-18(21-3)23-15-9-10-25(12-15)16-11-14(20)7-8-17(16)26-6;/h7-8,11,15H,9-10,12-13H2,1-6H3,(H2,21,22,23);1H. The smallest absolute Gasteiger partial charge is 0.191 e. The maximum atomic E-state index is 6.17. The monoisotopic (exact) mass is 509 g/mol. The predicted molar refractivity (Wildman–Crippen MR) is 126 cm³/mol. The molecular formula is C19H33ClIN5O. The first-order chi connectivity index (χ1) is 12.3. The van der Waals surface area contributed by atoms with Crippen molar-refractivity contribution in [3.8, 4) is 5.75 Å². The van der Waals surface area contributed by atoms with Gasteiger partial charge >= 0.3 is 0 Å². The van der Waals surface area contributed by atoms with E-state index < -0.39 is 0 Å². The van der Waals surface area contributed by atoms with E-state index in [1.807, 2.05) is 25.2 Å². The van der Waals surface area contributed by atoms with Gasteiger partial charge in [-0.15, -0.1) is 24.0 Å². The Bertz CT molecular complexity index is 639. The zero-order chi connectivity index (χ0) is 19.3. The summed E-state index contributed by atoms with van der Waals surface area (Å²) in [6.07, 6.45) is 1.04. The van der Waals surface area contributed by atoms with Crippen molar-refractivity contribution in [3.05, 3.63) is 23.2 Å². The summed E-state index contributed by atoms with van der Waals surface area (Å²) in [5.74, 6) is 1.69. The lowest BCUT2D eigenvalue weighted by atomic mass is 10.0. The number of benzene rings is 1. The van der Waals surface area contributed by atoms with Gasteiger partial charge < -0.3 is 25.2 Å². The largest absolute Gasteiger partial charge is 0.495 e. The molecule has 27 heavy (non-hydrogen) atoms. The third-order valence-corrected chi connectivity index (χ3v) is 5.37. The molecule has 1 aliphatic heterocycles. The molecule has 6 nitrogen and oxygen atoms in total. The number of anilines is 1. The lowest BCUT2D eigenvalue weighted by Gasteiger charge is -2.33. The Balaban J connectivity index is 0.00000364. The third-order valence-electron chi connectivity index (χ3n) is 5.13.